The van der Waals surface area contributed by atoms with Gasteiger partial charge in [0.05, 0.1) is 24.9 Å². The van der Waals surface area contributed by atoms with Crippen LogP contribution in [0.15, 0.2) is 48.7 Å². The maximum Gasteiger partial charge on any atom is 0.407 e. The molecule has 0 radical (unpaired) electrons. The number of fused-ring (bicyclic) bond motifs is 1. The first-order chi connectivity index (χ1) is 17.9. The van der Waals surface area contributed by atoms with Crippen LogP contribution in [0.25, 0.3) is 11.1 Å². The molecule has 0 spiro atoms. The maximum atomic E-state index is 15.7. The maximum absolute atomic E-state index is 15.7. The summed E-state index contributed by atoms with van der Waals surface area (Å²) < 4.78 is 32.4. The summed E-state index contributed by atoms with van der Waals surface area (Å²) in [5.41, 5.74) is 3.08. The predicted molar refractivity (Wildman–Crippen MR) is 138 cm³/mol. The number of aliphatic hydroxyl groups excluding tert-OH is 1. The van der Waals surface area contributed by atoms with Crippen molar-refractivity contribution in [3.8, 4) is 22.6 Å². The highest BCUT2D eigenvalue weighted by molar-refractivity contribution is 6.34. The van der Waals surface area contributed by atoms with Crippen LogP contribution in [0.4, 0.5) is 9.18 Å². The van der Waals surface area contributed by atoms with Crippen LogP contribution in [0.5, 0.6) is 11.5 Å². The number of methoxy groups -OCH3 is 1. The number of carbonyl (C=O) groups excluding carboxylic acids is 2. The number of benzene rings is 2. The van der Waals surface area contributed by atoms with Crippen molar-refractivity contribution in [1.29, 1.82) is 0 Å². The Bertz CT molecular complexity index is 1400. The average molecular weight is 544 g/mol. The number of ether oxygens (including phenoxy) is 3. The van der Waals surface area contributed by atoms with E-state index in [0.29, 0.717) is 0 Å². The number of hydrogen-bond donors (Lipinski definition) is 3. The number of aromatic nitrogens is 1. The molecule has 2 atom stereocenters. The molecule has 0 bridgehead atoms. The second-order valence-electron chi connectivity index (χ2n) is 9.67. The molecule has 3 aromatic rings. The Hall–Kier alpha value is -3.89. The minimum absolute atomic E-state index is 0.00283. The van der Waals surface area contributed by atoms with E-state index in [0.717, 1.165) is 0 Å². The summed E-state index contributed by atoms with van der Waals surface area (Å²) in [5, 5.41) is 14.5. The number of nitrogens with zero attached hydrogens (tertiary/aromatic N) is 1. The molecule has 2 heterocycles. The van der Waals surface area contributed by atoms with E-state index in [1.54, 1.807) is 39.0 Å². The third-order valence-corrected chi connectivity index (χ3v) is 6.31. The van der Waals surface area contributed by atoms with Crippen molar-refractivity contribution in [3.05, 3.63) is 76.3 Å². The summed E-state index contributed by atoms with van der Waals surface area (Å²) in [6.07, 6.45) is -0.764. The van der Waals surface area contributed by atoms with Crippen LogP contribution in [0, 0.1) is 5.82 Å². The highest BCUT2D eigenvalue weighted by Gasteiger charge is 2.52. The molecule has 4 N–H and O–H groups in total. The van der Waals surface area contributed by atoms with Gasteiger partial charge in [0.1, 0.15) is 17.5 Å². The van der Waals surface area contributed by atoms with E-state index in [1.165, 1.54) is 37.6 Å². The molecule has 0 unspecified atom stereocenters. The van der Waals surface area contributed by atoms with E-state index in [-0.39, 0.29) is 51.0 Å². The van der Waals surface area contributed by atoms with Crippen molar-refractivity contribution in [2.75, 3.05) is 13.7 Å². The summed E-state index contributed by atoms with van der Waals surface area (Å²) in [6.45, 7) is 4.87. The van der Waals surface area contributed by atoms with Crippen LogP contribution in [-0.2, 0) is 10.3 Å². The molecule has 0 fully saturated rings. The molecule has 11 heteroatoms. The second kappa shape index (κ2) is 10.1. The highest BCUT2D eigenvalue weighted by atomic mass is 35.5. The molecule has 1 aromatic heterocycles. The van der Waals surface area contributed by atoms with Gasteiger partial charge in [-0.2, -0.15) is 0 Å². The first-order valence-corrected chi connectivity index (χ1v) is 12.0. The first-order valence-electron chi connectivity index (χ1n) is 11.6. The molecule has 9 nitrogen and oxygen atoms in total. The van der Waals surface area contributed by atoms with E-state index < -0.39 is 35.1 Å². The fourth-order valence-electron chi connectivity index (χ4n) is 4.38. The molecule has 0 saturated carbocycles. The number of aliphatic hydroxyl groups is 1. The lowest BCUT2D eigenvalue weighted by Crippen LogP contribution is -2.48. The van der Waals surface area contributed by atoms with Gasteiger partial charge >= 0.3 is 6.09 Å². The van der Waals surface area contributed by atoms with Gasteiger partial charge in [-0.15, -0.1) is 0 Å². The van der Waals surface area contributed by atoms with Crippen LogP contribution >= 0.6 is 11.6 Å². The van der Waals surface area contributed by atoms with Gasteiger partial charge in [-0.3, -0.25) is 9.78 Å². The minimum atomic E-state index is -1.65. The predicted octanol–water partition coefficient (Wildman–Crippen LogP) is 4.49. The summed E-state index contributed by atoms with van der Waals surface area (Å²) in [4.78, 5) is 29.2. The van der Waals surface area contributed by atoms with Gasteiger partial charge in [0.25, 0.3) is 0 Å². The smallest absolute Gasteiger partial charge is 0.407 e. The van der Waals surface area contributed by atoms with Crippen molar-refractivity contribution < 1.29 is 33.3 Å². The van der Waals surface area contributed by atoms with Gasteiger partial charge in [0.2, 0.25) is 5.91 Å². The molecule has 4 rings (SSSR count). The number of nitrogens with two attached hydrogens (primary N) is 1. The Kier molecular flexibility index (Phi) is 7.22. The number of rotatable bonds is 6. The molecular formula is C27H27ClFN3O6. The van der Waals surface area contributed by atoms with E-state index in [2.05, 4.69) is 10.3 Å². The molecule has 0 aliphatic carbocycles. The number of halogens is 2. The summed E-state index contributed by atoms with van der Waals surface area (Å²) in [5.74, 6) is -1.82. The molecular weight excluding hydrogens is 517 g/mol. The monoisotopic (exact) mass is 543 g/mol. The molecule has 1 aliphatic rings. The summed E-state index contributed by atoms with van der Waals surface area (Å²) >= 11 is 6.56. The average Bonchev–Trinajstić information content (AvgIpc) is 3.15. The highest BCUT2D eigenvalue weighted by Crippen LogP contribution is 2.54. The Morgan fingerprint density at radius 1 is 1.21 bits per heavy atom. The number of nitrogens with one attached hydrogen (secondary N) is 1. The molecule has 2 aromatic carbocycles. The van der Waals surface area contributed by atoms with E-state index >= 15 is 4.39 Å². The number of alkyl carbamates (subject to hydrolysis) is 1. The van der Waals surface area contributed by atoms with Crippen LogP contribution in [0.3, 0.4) is 0 Å². The molecule has 2 amide bonds. The second-order valence-corrected chi connectivity index (χ2v) is 10.1. The van der Waals surface area contributed by atoms with Crippen LogP contribution in [-0.4, -0.2) is 41.3 Å². The number of hydrogen-bond acceptors (Lipinski definition) is 7. The normalized spacial score (nSPS) is 18.3. The summed E-state index contributed by atoms with van der Waals surface area (Å²) in [6, 6.07) is 10.5. The van der Waals surface area contributed by atoms with E-state index in [9.17, 15) is 14.7 Å². The first kappa shape index (κ1) is 27.2. The van der Waals surface area contributed by atoms with Crippen LogP contribution < -0.4 is 20.5 Å². The Morgan fingerprint density at radius 2 is 1.95 bits per heavy atom. The van der Waals surface area contributed by atoms with E-state index in [4.69, 9.17) is 31.5 Å². The van der Waals surface area contributed by atoms with Gasteiger partial charge in [0, 0.05) is 27.9 Å². The quantitative estimate of drug-likeness (QED) is 0.417. The fraction of sp³-hybridized carbons (Fsp3) is 0.296. The minimum Gasteiger partial charge on any atom is -0.494 e. The number of primary amides is 1. The number of amides is 2. The fourth-order valence-corrected chi connectivity index (χ4v) is 4.64. The zero-order valence-corrected chi connectivity index (χ0v) is 21.9. The van der Waals surface area contributed by atoms with Crippen molar-refractivity contribution in [1.82, 2.24) is 10.3 Å². The van der Waals surface area contributed by atoms with Crippen molar-refractivity contribution in [2.45, 2.75) is 38.1 Å². The SMILES string of the molecule is COc1ccc(C(N)=O)c(-c2c(Cl)ccc3c2[C@H](O)[C@@](CNC(=O)OC(C)(C)C)(c2ccccn2)O3)c1F. The lowest BCUT2D eigenvalue weighted by Gasteiger charge is -2.32. The van der Waals surface area contributed by atoms with Crippen molar-refractivity contribution >= 4 is 23.6 Å². The lowest BCUT2D eigenvalue weighted by molar-refractivity contribution is -0.0365. The van der Waals surface area contributed by atoms with Crippen LogP contribution in [0.2, 0.25) is 5.02 Å². The van der Waals surface area contributed by atoms with Crippen LogP contribution in [0.1, 0.15) is 48.5 Å². The van der Waals surface area contributed by atoms with Crippen molar-refractivity contribution in [2.24, 2.45) is 5.73 Å². The number of carbonyl (C=O) groups is 2. The van der Waals surface area contributed by atoms with Gasteiger partial charge in [-0.05, 0) is 57.2 Å². The van der Waals surface area contributed by atoms with Gasteiger partial charge in [-0.25, -0.2) is 9.18 Å². The molecule has 38 heavy (non-hydrogen) atoms. The van der Waals surface area contributed by atoms with Gasteiger partial charge < -0.3 is 30.4 Å². The van der Waals surface area contributed by atoms with Crippen molar-refractivity contribution in [3.63, 3.8) is 0 Å². The summed E-state index contributed by atoms with van der Waals surface area (Å²) in [7, 11) is 1.27. The standard InChI is InChI=1S/C27H27ClFN3O6/c1-26(2,3)38-25(35)32-13-27(18-7-5-6-12-31-18)23(33)21-16(37-27)11-9-15(28)20(21)19-14(24(30)34)8-10-17(36-4)22(19)29/h5-12,23,33H,13H2,1-4H3,(H2,30,34)(H,32,35)/t23-,27+/m0/s1. The number of pyridine rings is 1. The molecule has 1 aliphatic heterocycles. The topological polar surface area (TPSA) is 133 Å². The Morgan fingerprint density at radius 3 is 2.55 bits per heavy atom. The Balaban J connectivity index is 1.90. The zero-order valence-electron chi connectivity index (χ0n) is 21.2. The largest absolute Gasteiger partial charge is 0.494 e. The van der Waals surface area contributed by atoms with Gasteiger partial charge in [-0.1, -0.05) is 17.7 Å². The Labute approximate surface area is 223 Å². The lowest BCUT2D eigenvalue weighted by atomic mass is 9.85. The molecule has 200 valence electrons. The van der Waals surface area contributed by atoms with Gasteiger partial charge in [0.15, 0.2) is 17.2 Å². The third kappa shape index (κ3) is 4.84. The molecule has 0 saturated heterocycles. The van der Waals surface area contributed by atoms with E-state index in [1.807, 2.05) is 0 Å². The zero-order chi connectivity index (χ0) is 27.8. The third-order valence-electron chi connectivity index (χ3n) is 6.00.